The molecule has 4 nitrogen and oxygen atoms in total. The number of pyridine rings is 1. The van der Waals surface area contributed by atoms with Crippen LogP contribution < -0.4 is 10.1 Å². The smallest absolute Gasteiger partial charge is 0.212 e. The molecule has 0 saturated heterocycles. The summed E-state index contributed by atoms with van der Waals surface area (Å²) in [6, 6.07) is 12.6. The highest BCUT2D eigenvalue weighted by Gasteiger charge is 2.19. The van der Waals surface area contributed by atoms with Gasteiger partial charge in [0.05, 0.1) is 26.4 Å². The molecule has 1 aliphatic rings. The molecule has 3 rings (SSSR count). The highest BCUT2D eigenvalue weighted by molar-refractivity contribution is 5.31. The van der Waals surface area contributed by atoms with E-state index >= 15 is 0 Å². The first-order valence-corrected chi connectivity index (χ1v) is 6.74. The van der Waals surface area contributed by atoms with Crippen LogP contribution in [-0.2, 0) is 17.9 Å². The number of rotatable bonds is 4. The van der Waals surface area contributed by atoms with Gasteiger partial charge in [0, 0.05) is 18.8 Å². The molecule has 1 aromatic heterocycles. The molecule has 0 saturated carbocycles. The number of methoxy groups -OCH3 is 1. The minimum Gasteiger partial charge on any atom is -0.481 e. The lowest BCUT2D eigenvalue weighted by Crippen LogP contribution is -2.29. The molecular formula is C16H18N2O2. The molecule has 0 spiro atoms. The monoisotopic (exact) mass is 270 g/mol. The maximum absolute atomic E-state index is 5.64. The average Bonchev–Trinajstić information content (AvgIpc) is 2.53. The quantitative estimate of drug-likeness (QED) is 0.926. The van der Waals surface area contributed by atoms with Crippen molar-refractivity contribution < 1.29 is 9.47 Å². The van der Waals surface area contributed by atoms with Crippen LogP contribution in [0.4, 0.5) is 0 Å². The summed E-state index contributed by atoms with van der Waals surface area (Å²) in [4.78, 5) is 4.21. The topological polar surface area (TPSA) is 43.4 Å². The first-order valence-electron chi connectivity index (χ1n) is 6.74. The van der Waals surface area contributed by atoms with Crippen molar-refractivity contribution >= 4 is 0 Å². The second-order valence-corrected chi connectivity index (χ2v) is 4.86. The molecule has 0 bridgehead atoms. The summed E-state index contributed by atoms with van der Waals surface area (Å²) in [5.41, 5.74) is 3.73. The van der Waals surface area contributed by atoms with Gasteiger partial charge >= 0.3 is 0 Å². The first kappa shape index (κ1) is 13.1. The number of benzene rings is 1. The molecule has 1 unspecified atom stereocenters. The van der Waals surface area contributed by atoms with Gasteiger partial charge in [0.1, 0.15) is 0 Å². The van der Waals surface area contributed by atoms with E-state index in [-0.39, 0.29) is 6.04 Å². The summed E-state index contributed by atoms with van der Waals surface area (Å²) in [5, 5.41) is 3.53. The van der Waals surface area contributed by atoms with Crippen molar-refractivity contribution in [3.05, 3.63) is 59.3 Å². The number of nitrogens with one attached hydrogen (secondary N) is 1. The minimum absolute atomic E-state index is 0.238. The van der Waals surface area contributed by atoms with Crippen molar-refractivity contribution in [3.8, 4) is 5.88 Å². The van der Waals surface area contributed by atoms with Crippen LogP contribution in [0.25, 0.3) is 0 Å². The fraction of sp³-hybridized carbons (Fsp3) is 0.312. The Morgan fingerprint density at radius 3 is 3.00 bits per heavy atom. The van der Waals surface area contributed by atoms with Crippen LogP contribution in [0.5, 0.6) is 5.88 Å². The summed E-state index contributed by atoms with van der Waals surface area (Å²) in [6.45, 7) is 2.18. The standard InChI is InChI=1S/C16H18N2O2/c1-19-16-7-6-12(9-18-16)8-17-15-11-20-10-13-4-2-3-5-14(13)15/h2-7,9,15,17H,8,10-11H2,1H3. The molecule has 2 aromatic rings. The maximum Gasteiger partial charge on any atom is 0.212 e. The van der Waals surface area contributed by atoms with Gasteiger partial charge < -0.3 is 14.8 Å². The summed E-state index contributed by atoms with van der Waals surface area (Å²) in [7, 11) is 1.62. The lowest BCUT2D eigenvalue weighted by atomic mass is 9.99. The van der Waals surface area contributed by atoms with Gasteiger partial charge in [0.15, 0.2) is 0 Å². The number of hydrogen-bond acceptors (Lipinski definition) is 4. The highest BCUT2D eigenvalue weighted by Crippen LogP contribution is 2.24. The number of hydrogen-bond donors (Lipinski definition) is 1. The van der Waals surface area contributed by atoms with Crippen LogP contribution in [-0.4, -0.2) is 18.7 Å². The van der Waals surface area contributed by atoms with Crippen LogP contribution in [0, 0.1) is 0 Å². The highest BCUT2D eigenvalue weighted by atomic mass is 16.5. The Hall–Kier alpha value is -1.91. The first-order chi connectivity index (χ1) is 9.86. The Kier molecular flexibility index (Phi) is 3.95. The van der Waals surface area contributed by atoms with E-state index in [1.54, 1.807) is 7.11 Å². The molecule has 0 fully saturated rings. The Balaban J connectivity index is 1.66. The van der Waals surface area contributed by atoms with Gasteiger partial charge in [-0.2, -0.15) is 0 Å². The van der Waals surface area contributed by atoms with Gasteiger partial charge in [-0.3, -0.25) is 0 Å². The van der Waals surface area contributed by atoms with Crippen LogP contribution in [0.15, 0.2) is 42.6 Å². The SMILES string of the molecule is COc1ccc(CNC2COCc3ccccc32)cn1. The Morgan fingerprint density at radius 1 is 1.30 bits per heavy atom. The number of nitrogens with zero attached hydrogens (tertiary/aromatic N) is 1. The third-order valence-electron chi connectivity index (χ3n) is 3.53. The molecule has 1 atom stereocenters. The number of fused-ring (bicyclic) bond motifs is 1. The summed E-state index contributed by atoms with van der Waals surface area (Å²) >= 11 is 0. The van der Waals surface area contributed by atoms with E-state index in [9.17, 15) is 0 Å². The molecule has 0 aliphatic carbocycles. The van der Waals surface area contributed by atoms with Gasteiger partial charge in [0.2, 0.25) is 5.88 Å². The second-order valence-electron chi connectivity index (χ2n) is 4.86. The lowest BCUT2D eigenvalue weighted by Gasteiger charge is -2.26. The number of ether oxygens (including phenoxy) is 2. The number of aromatic nitrogens is 1. The van der Waals surface area contributed by atoms with Crippen molar-refractivity contribution in [1.29, 1.82) is 0 Å². The maximum atomic E-state index is 5.64. The molecule has 104 valence electrons. The predicted octanol–water partition coefficient (Wildman–Crippen LogP) is 2.45. The molecular weight excluding hydrogens is 252 g/mol. The molecule has 0 amide bonds. The van der Waals surface area contributed by atoms with E-state index in [4.69, 9.17) is 9.47 Å². The van der Waals surface area contributed by atoms with Crippen molar-refractivity contribution in [1.82, 2.24) is 10.3 Å². The molecule has 1 aliphatic heterocycles. The summed E-state index contributed by atoms with van der Waals surface area (Å²) in [6.07, 6.45) is 1.83. The van der Waals surface area contributed by atoms with Crippen molar-refractivity contribution in [2.24, 2.45) is 0 Å². The van der Waals surface area contributed by atoms with Crippen LogP contribution in [0.3, 0.4) is 0 Å². The molecule has 20 heavy (non-hydrogen) atoms. The van der Waals surface area contributed by atoms with Crippen molar-refractivity contribution in [2.75, 3.05) is 13.7 Å². The Labute approximate surface area is 118 Å². The van der Waals surface area contributed by atoms with Crippen LogP contribution >= 0.6 is 0 Å². The van der Waals surface area contributed by atoms with Gasteiger partial charge in [-0.15, -0.1) is 0 Å². The molecule has 4 heteroatoms. The zero-order chi connectivity index (χ0) is 13.8. The van der Waals surface area contributed by atoms with E-state index in [2.05, 4.69) is 34.6 Å². The van der Waals surface area contributed by atoms with Crippen molar-refractivity contribution in [3.63, 3.8) is 0 Å². The van der Waals surface area contributed by atoms with Gasteiger partial charge in [-0.25, -0.2) is 4.98 Å². The zero-order valence-electron chi connectivity index (χ0n) is 11.5. The van der Waals surface area contributed by atoms with E-state index in [0.29, 0.717) is 19.1 Å². The van der Waals surface area contributed by atoms with Gasteiger partial charge in [-0.05, 0) is 16.7 Å². The Bertz CT molecular complexity index is 569. The van der Waals surface area contributed by atoms with Gasteiger partial charge in [-0.1, -0.05) is 30.3 Å². The predicted molar refractivity (Wildman–Crippen MR) is 76.5 cm³/mol. The molecule has 1 N–H and O–H groups in total. The Morgan fingerprint density at radius 2 is 2.20 bits per heavy atom. The summed E-state index contributed by atoms with van der Waals surface area (Å²) in [5.74, 6) is 0.639. The van der Waals surface area contributed by atoms with E-state index in [0.717, 1.165) is 12.1 Å². The van der Waals surface area contributed by atoms with Crippen LogP contribution in [0.2, 0.25) is 0 Å². The fourth-order valence-corrected chi connectivity index (χ4v) is 2.43. The summed E-state index contributed by atoms with van der Waals surface area (Å²) < 4.78 is 10.7. The largest absolute Gasteiger partial charge is 0.481 e. The molecule has 1 aromatic carbocycles. The van der Waals surface area contributed by atoms with E-state index in [1.807, 2.05) is 18.3 Å². The minimum atomic E-state index is 0.238. The van der Waals surface area contributed by atoms with E-state index in [1.165, 1.54) is 11.1 Å². The fourth-order valence-electron chi connectivity index (χ4n) is 2.43. The van der Waals surface area contributed by atoms with E-state index < -0.39 is 0 Å². The zero-order valence-corrected chi connectivity index (χ0v) is 11.5. The lowest BCUT2D eigenvalue weighted by molar-refractivity contribution is 0.0817. The molecule has 0 radical (unpaired) electrons. The van der Waals surface area contributed by atoms with Gasteiger partial charge in [0.25, 0.3) is 0 Å². The third kappa shape index (κ3) is 2.81. The molecule has 2 heterocycles. The normalized spacial score (nSPS) is 17.6. The average molecular weight is 270 g/mol. The second kappa shape index (κ2) is 6.03. The van der Waals surface area contributed by atoms with Crippen LogP contribution in [0.1, 0.15) is 22.7 Å². The van der Waals surface area contributed by atoms with Crippen molar-refractivity contribution in [2.45, 2.75) is 19.2 Å². The third-order valence-corrected chi connectivity index (χ3v) is 3.53.